The molecular weight excluding hydrogens is 753 g/mol. The van der Waals surface area contributed by atoms with Gasteiger partial charge in [-0.25, -0.2) is 24.5 Å². The summed E-state index contributed by atoms with van der Waals surface area (Å²) in [6.45, 7) is 3.13. The first kappa shape index (κ1) is 39.8. The number of esters is 1. The molecule has 0 bridgehead atoms. The van der Waals surface area contributed by atoms with E-state index in [-0.39, 0.29) is 31.1 Å². The number of aliphatic hydroxyl groups is 1. The molecule has 3 N–H and O–H groups in total. The zero-order valence-corrected chi connectivity index (χ0v) is 32.5. The van der Waals surface area contributed by atoms with Crippen molar-refractivity contribution in [1.29, 1.82) is 0 Å². The highest BCUT2D eigenvalue weighted by Crippen LogP contribution is 2.57. The number of benzene rings is 4. The number of carbonyl (C=O) groups excluding carboxylic acids is 2. The maximum Gasteiger partial charge on any atom is 0.331 e. The predicted octanol–water partition coefficient (Wildman–Crippen LogP) is 5.60. The van der Waals surface area contributed by atoms with Gasteiger partial charge < -0.3 is 38.7 Å². The first-order valence-electron chi connectivity index (χ1n) is 19.6. The third kappa shape index (κ3) is 9.32. The molecule has 0 radical (unpaired) electrons. The highest BCUT2D eigenvalue weighted by atomic mass is 16.6. The summed E-state index contributed by atoms with van der Waals surface area (Å²) in [6.07, 6.45) is 0.500. The maximum absolute atomic E-state index is 13.2. The number of ether oxygens (including phenoxy) is 5. The molecule has 6 aromatic rings. The third-order valence-electron chi connectivity index (χ3n) is 10.7. The van der Waals surface area contributed by atoms with Crippen LogP contribution in [0.1, 0.15) is 29.2 Å². The molecule has 14 nitrogen and oxygen atoms in total. The van der Waals surface area contributed by atoms with Gasteiger partial charge in [-0.1, -0.05) is 121 Å². The highest BCUT2D eigenvalue weighted by Gasteiger charge is 2.74. The second kappa shape index (κ2) is 18.3. The number of nitrogens with zero attached hydrogens (tertiary/aromatic N) is 4. The quantitative estimate of drug-likeness (QED) is 0.0984. The van der Waals surface area contributed by atoms with Gasteiger partial charge in [0.25, 0.3) is 0 Å². The standard InChI is InChI=1S/C45H46N6O8/c1-30(52)37(43(53)57-25-33-18-10-4-11-19-33)49-44(54)50-41-38-42(47-28-46-41)51(29-48-38)22-35-39(55-23-31-14-6-2-7-15-31)36-40(56-24-32-16-8-3-9-17-32)45(36,27-58-35)59-26-34-20-12-5-13-21-34/h2-21,28-30,35-37,39-40,52H,22-27H2,1H3,(H2,46,47,49,50,54)/t30-,35+,36?,37+,39?,40?,45-/m1/s1. The van der Waals surface area contributed by atoms with Crippen molar-refractivity contribution in [3.05, 3.63) is 156 Å². The minimum atomic E-state index is -1.34. The van der Waals surface area contributed by atoms with E-state index in [1.807, 2.05) is 126 Å². The molecule has 7 atom stereocenters. The number of aliphatic hydroxyl groups excluding tert-OH is 1. The smallest absolute Gasteiger partial charge is 0.331 e. The second-order valence-corrected chi connectivity index (χ2v) is 14.8. The molecule has 1 saturated carbocycles. The summed E-state index contributed by atoms with van der Waals surface area (Å²) in [6, 6.07) is 37.1. The summed E-state index contributed by atoms with van der Waals surface area (Å²) in [7, 11) is 0. The van der Waals surface area contributed by atoms with E-state index in [9.17, 15) is 14.7 Å². The van der Waals surface area contributed by atoms with Gasteiger partial charge in [-0.05, 0) is 29.2 Å². The Morgan fingerprint density at radius 1 is 0.797 bits per heavy atom. The lowest BCUT2D eigenvalue weighted by atomic mass is 10.0. The van der Waals surface area contributed by atoms with Gasteiger partial charge >= 0.3 is 12.0 Å². The van der Waals surface area contributed by atoms with Crippen molar-refractivity contribution in [3.63, 3.8) is 0 Å². The number of urea groups is 1. The van der Waals surface area contributed by atoms with Crippen LogP contribution in [-0.2, 0) is 61.5 Å². The number of carbonyl (C=O) groups is 2. The average molecular weight is 799 g/mol. The Labute approximate surface area is 341 Å². The Morgan fingerprint density at radius 3 is 1.98 bits per heavy atom. The molecule has 1 saturated heterocycles. The molecule has 2 amide bonds. The average Bonchev–Trinajstić information content (AvgIpc) is 3.73. The van der Waals surface area contributed by atoms with Crippen molar-refractivity contribution in [3.8, 4) is 0 Å². The lowest BCUT2D eigenvalue weighted by molar-refractivity contribution is -0.175. The summed E-state index contributed by atoms with van der Waals surface area (Å²) < 4.78 is 34.1. The molecule has 1 aliphatic heterocycles. The molecule has 14 heteroatoms. The second-order valence-electron chi connectivity index (χ2n) is 14.8. The molecule has 59 heavy (non-hydrogen) atoms. The minimum absolute atomic E-state index is 0.0111. The molecule has 8 rings (SSSR count). The number of amides is 2. The van der Waals surface area contributed by atoms with Crippen LogP contribution in [0.3, 0.4) is 0 Å². The topological polar surface area (TPSA) is 168 Å². The van der Waals surface area contributed by atoms with Crippen molar-refractivity contribution in [1.82, 2.24) is 24.8 Å². The van der Waals surface area contributed by atoms with Crippen molar-refractivity contribution >= 4 is 29.0 Å². The highest BCUT2D eigenvalue weighted by molar-refractivity contribution is 5.97. The van der Waals surface area contributed by atoms with Gasteiger partial charge in [-0.3, -0.25) is 5.32 Å². The van der Waals surface area contributed by atoms with Crippen LogP contribution in [0.2, 0.25) is 0 Å². The Hall–Kier alpha value is -6.03. The fourth-order valence-corrected chi connectivity index (χ4v) is 7.53. The number of rotatable bonds is 17. The summed E-state index contributed by atoms with van der Waals surface area (Å²) >= 11 is 0. The van der Waals surface area contributed by atoms with E-state index in [1.165, 1.54) is 13.3 Å². The number of anilines is 1. The van der Waals surface area contributed by atoms with Crippen LogP contribution < -0.4 is 10.6 Å². The predicted molar refractivity (Wildman–Crippen MR) is 216 cm³/mol. The fourth-order valence-electron chi connectivity index (χ4n) is 7.53. The minimum Gasteiger partial charge on any atom is -0.459 e. The Balaban J connectivity index is 0.996. The molecule has 2 aromatic heterocycles. The number of hydrogen-bond acceptors (Lipinski definition) is 11. The Kier molecular flexibility index (Phi) is 12.3. The van der Waals surface area contributed by atoms with Crippen LogP contribution in [0, 0.1) is 5.92 Å². The van der Waals surface area contributed by atoms with Crippen LogP contribution in [0.5, 0.6) is 0 Å². The number of imidazole rings is 1. The number of nitrogens with one attached hydrogen (secondary N) is 2. The number of aromatic nitrogens is 4. The molecule has 0 spiro atoms. The van der Waals surface area contributed by atoms with Crippen molar-refractivity contribution in [2.45, 2.75) is 76.0 Å². The van der Waals surface area contributed by atoms with Crippen LogP contribution in [0.25, 0.3) is 11.2 Å². The van der Waals surface area contributed by atoms with E-state index in [0.29, 0.717) is 37.5 Å². The summed E-state index contributed by atoms with van der Waals surface area (Å²) in [5, 5.41) is 15.5. The monoisotopic (exact) mass is 798 g/mol. The first-order chi connectivity index (χ1) is 28.9. The van der Waals surface area contributed by atoms with Crippen LogP contribution in [0.4, 0.5) is 10.6 Å². The Bertz CT molecular complexity index is 2300. The summed E-state index contributed by atoms with van der Waals surface area (Å²) in [4.78, 5) is 39.4. The van der Waals surface area contributed by atoms with E-state index in [1.54, 1.807) is 6.33 Å². The first-order valence-corrected chi connectivity index (χ1v) is 19.6. The van der Waals surface area contributed by atoms with Crippen molar-refractivity contribution in [2.24, 2.45) is 5.92 Å². The zero-order valence-electron chi connectivity index (χ0n) is 32.5. The molecule has 2 fully saturated rings. The molecule has 4 aromatic carbocycles. The normalized spacial score (nSPS) is 21.9. The van der Waals surface area contributed by atoms with E-state index in [2.05, 4.69) is 25.6 Å². The number of hydrogen-bond donors (Lipinski definition) is 3. The van der Waals surface area contributed by atoms with Gasteiger partial charge in [-0.15, -0.1) is 0 Å². The van der Waals surface area contributed by atoms with E-state index < -0.39 is 42.0 Å². The van der Waals surface area contributed by atoms with Gasteiger partial charge in [0.2, 0.25) is 0 Å². The van der Waals surface area contributed by atoms with Gasteiger partial charge in [0.1, 0.15) is 24.6 Å². The molecule has 1 aliphatic carbocycles. The van der Waals surface area contributed by atoms with Crippen molar-refractivity contribution in [2.75, 3.05) is 11.9 Å². The van der Waals surface area contributed by atoms with Crippen LogP contribution in [0.15, 0.2) is 134 Å². The third-order valence-corrected chi connectivity index (χ3v) is 10.7. The maximum atomic E-state index is 13.2. The molecule has 3 unspecified atom stereocenters. The zero-order chi connectivity index (χ0) is 40.6. The molecule has 304 valence electrons. The fraction of sp³-hybridized carbons (Fsp3) is 0.311. The van der Waals surface area contributed by atoms with E-state index in [4.69, 9.17) is 23.7 Å². The largest absolute Gasteiger partial charge is 0.459 e. The summed E-state index contributed by atoms with van der Waals surface area (Å²) in [5.41, 5.74) is 3.92. The molecular formula is C45H46N6O8. The Morgan fingerprint density at radius 2 is 1.37 bits per heavy atom. The van der Waals surface area contributed by atoms with Gasteiger partial charge in [-0.2, -0.15) is 0 Å². The van der Waals surface area contributed by atoms with Crippen LogP contribution in [-0.4, -0.2) is 79.3 Å². The van der Waals surface area contributed by atoms with Crippen molar-refractivity contribution < 1.29 is 38.4 Å². The number of fused-ring (bicyclic) bond motifs is 2. The lowest BCUT2D eigenvalue weighted by Gasteiger charge is -2.35. The molecule has 3 heterocycles. The van der Waals surface area contributed by atoms with Gasteiger partial charge in [0.05, 0.1) is 63.5 Å². The molecule has 2 aliphatic rings. The SMILES string of the molecule is C[C@@H](O)[C@H](NC(=O)Nc1ncnc2c1ncn2C[C@@H]1OC[C@]2(OCc3ccccc3)C(OCc3ccccc3)C2C1OCc1ccccc1)C(=O)OCc1ccccc1. The lowest BCUT2D eigenvalue weighted by Crippen LogP contribution is -2.50. The van der Waals surface area contributed by atoms with Crippen LogP contribution >= 0.6 is 0 Å². The van der Waals surface area contributed by atoms with E-state index >= 15 is 0 Å². The van der Waals surface area contributed by atoms with E-state index in [0.717, 1.165) is 22.3 Å². The van der Waals surface area contributed by atoms with Gasteiger partial charge in [0.15, 0.2) is 23.0 Å². The summed E-state index contributed by atoms with van der Waals surface area (Å²) in [5.74, 6) is -0.825. The van der Waals surface area contributed by atoms with Gasteiger partial charge in [0, 0.05) is 0 Å².